The number of nitrogens with zero attached hydrogens (tertiary/aromatic N) is 3. The lowest BCUT2D eigenvalue weighted by Gasteiger charge is -2.08. The quantitative estimate of drug-likeness (QED) is 0.910. The van der Waals surface area contributed by atoms with E-state index in [0.717, 1.165) is 11.3 Å². The molecular weight excluding hydrogens is 242 g/mol. The van der Waals surface area contributed by atoms with Gasteiger partial charge < -0.3 is 9.84 Å². The molecule has 0 unspecified atom stereocenters. The van der Waals surface area contributed by atoms with Crippen molar-refractivity contribution in [2.75, 3.05) is 0 Å². The number of aliphatic hydroxyl groups is 1. The molecule has 0 aliphatic carbocycles. The monoisotopic (exact) mass is 257 g/mol. The van der Waals surface area contributed by atoms with Crippen LogP contribution in [0.15, 0.2) is 24.3 Å². The number of hydrogen-bond acceptors (Lipinski definition) is 4. The first-order chi connectivity index (χ1) is 9.15. The fourth-order valence-corrected chi connectivity index (χ4v) is 1.87. The number of aliphatic hydroxyl groups excluding tert-OH is 1. The minimum Gasteiger partial charge on any atom is -0.439 e. The van der Waals surface area contributed by atoms with Gasteiger partial charge in [-0.25, -0.2) is 4.68 Å². The van der Waals surface area contributed by atoms with Gasteiger partial charge in [0.1, 0.15) is 5.75 Å². The zero-order valence-corrected chi connectivity index (χ0v) is 10.9. The lowest BCUT2D eigenvalue weighted by atomic mass is 10.2. The predicted molar refractivity (Wildman–Crippen MR) is 69.7 cm³/mol. The van der Waals surface area contributed by atoms with Crippen molar-refractivity contribution in [1.29, 1.82) is 5.26 Å². The van der Waals surface area contributed by atoms with Gasteiger partial charge in [-0.15, -0.1) is 0 Å². The first-order valence-corrected chi connectivity index (χ1v) is 5.92. The third-order valence-corrected chi connectivity index (χ3v) is 2.87. The van der Waals surface area contributed by atoms with Crippen LogP contribution in [0, 0.1) is 18.3 Å². The third-order valence-electron chi connectivity index (χ3n) is 2.87. The van der Waals surface area contributed by atoms with Crippen LogP contribution >= 0.6 is 0 Å². The van der Waals surface area contributed by atoms with Crippen molar-refractivity contribution in [3.05, 3.63) is 41.1 Å². The molecule has 0 spiro atoms. The van der Waals surface area contributed by atoms with Crippen molar-refractivity contribution in [2.24, 2.45) is 7.05 Å². The summed E-state index contributed by atoms with van der Waals surface area (Å²) in [7, 11) is 1.77. The van der Waals surface area contributed by atoms with E-state index in [-0.39, 0.29) is 6.61 Å². The summed E-state index contributed by atoms with van der Waals surface area (Å²) in [6.45, 7) is 1.72. The van der Waals surface area contributed by atoms with E-state index in [9.17, 15) is 5.11 Å². The van der Waals surface area contributed by atoms with E-state index in [1.165, 1.54) is 0 Å². The molecule has 19 heavy (non-hydrogen) atoms. The van der Waals surface area contributed by atoms with E-state index in [2.05, 4.69) is 11.2 Å². The van der Waals surface area contributed by atoms with Crippen LogP contribution in [0.25, 0.3) is 0 Å². The second-order valence-electron chi connectivity index (χ2n) is 4.23. The molecule has 0 saturated carbocycles. The highest BCUT2D eigenvalue weighted by Crippen LogP contribution is 2.27. The van der Waals surface area contributed by atoms with E-state index >= 15 is 0 Å². The van der Waals surface area contributed by atoms with Gasteiger partial charge in [0.05, 0.1) is 30.4 Å². The molecule has 5 heteroatoms. The average Bonchev–Trinajstić information content (AvgIpc) is 2.66. The topological polar surface area (TPSA) is 71.1 Å². The van der Waals surface area contributed by atoms with Crippen LogP contribution < -0.4 is 4.74 Å². The number of hydrogen-bond donors (Lipinski definition) is 1. The van der Waals surface area contributed by atoms with Crippen LogP contribution in [0.4, 0.5) is 0 Å². The van der Waals surface area contributed by atoms with Crippen molar-refractivity contribution in [3.63, 3.8) is 0 Å². The molecule has 1 aromatic carbocycles. The Morgan fingerprint density at radius 1 is 1.37 bits per heavy atom. The fourth-order valence-electron chi connectivity index (χ4n) is 1.87. The second kappa shape index (κ2) is 5.55. The van der Waals surface area contributed by atoms with Gasteiger partial charge in [-0.3, -0.25) is 0 Å². The Hall–Kier alpha value is -2.32. The maximum atomic E-state index is 9.34. The SMILES string of the molecule is Cc1nn(C)c(Oc2ccc(CC#N)cc2)c1CO. The molecule has 1 N–H and O–H groups in total. The Morgan fingerprint density at radius 3 is 2.63 bits per heavy atom. The van der Waals surface area contributed by atoms with Gasteiger partial charge in [0, 0.05) is 7.05 Å². The van der Waals surface area contributed by atoms with Gasteiger partial charge in [-0.2, -0.15) is 10.4 Å². The number of aromatic nitrogens is 2. The maximum absolute atomic E-state index is 9.34. The number of rotatable bonds is 4. The average molecular weight is 257 g/mol. The maximum Gasteiger partial charge on any atom is 0.223 e. The van der Waals surface area contributed by atoms with Crippen LogP contribution in [0.5, 0.6) is 11.6 Å². The van der Waals surface area contributed by atoms with Crippen LogP contribution in [0.1, 0.15) is 16.8 Å². The van der Waals surface area contributed by atoms with E-state index in [0.29, 0.717) is 23.6 Å². The Balaban J connectivity index is 2.24. The first kappa shape index (κ1) is 13.1. The largest absolute Gasteiger partial charge is 0.439 e. The van der Waals surface area contributed by atoms with Crippen LogP contribution in [-0.4, -0.2) is 14.9 Å². The number of aryl methyl sites for hydroxylation is 2. The first-order valence-electron chi connectivity index (χ1n) is 5.92. The van der Waals surface area contributed by atoms with Crippen molar-refractivity contribution in [3.8, 4) is 17.7 Å². The van der Waals surface area contributed by atoms with Gasteiger partial charge >= 0.3 is 0 Å². The molecule has 2 aromatic rings. The zero-order valence-electron chi connectivity index (χ0n) is 10.9. The van der Waals surface area contributed by atoms with Gasteiger partial charge in [0.25, 0.3) is 0 Å². The van der Waals surface area contributed by atoms with Crippen LogP contribution in [-0.2, 0) is 20.1 Å². The van der Waals surface area contributed by atoms with E-state index < -0.39 is 0 Å². The molecule has 0 bridgehead atoms. The minimum absolute atomic E-state index is 0.110. The summed E-state index contributed by atoms with van der Waals surface area (Å²) < 4.78 is 7.34. The molecule has 5 nitrogen and oxygen atoms in total. The number of nitriles is 1. The normalized spacial score (nSPS) is 10.2. The van der Waals surface area contributed by atoms with Crippen molar-refractivity contribution >= 4 is 0 Å². The second-order valence-corrected chi connectivity index (χ2v) is 4.23. The zero-order chi connectivity index (χ0) is 13.8. The summed E-state index contributed by atoms with van der Waals surface area (Å²) in [5, 5.41) is 22.2. The Kier molecular flexibility index (Phi) is 3.83. The standard InChI is InChI=1S/C14H15N3O2/c1-10-13(9-18)14(17(2)16-10)19-12-5-3-11(4-6-12)7-8-15/h3-6,18H,7,9H2,1-2H3. The molecule has 1 heterocycles. The molecular formula is C14H15N3O2. The van der Waals surface area contributed by atoms with E-state index in [1.54, 1.807) is 23.9 Å². The highest BCUT2D eigenvalue weighted by molar-refractivity contribution is 5.36. The molecule has 0 aliphatic rings. The molecule has 2 rings (SSSR count). The molecule has 0 saturated heterocycles. The Bertz CT molecular complexity index is 609. The lowest BCUT2D eigenvalue weighted by molar-refractivity contribution is 0.274. The molecule has 0 fully saturated rings. The van der Waals surface area contributed by atoms with Crippen LogP contribution in [0.2, 0.25) is 0 Å². The lowest BCUT2D eigenvalue weighted by Crippen LogP contribution is -1.97. The summed E-state index contributed by atoms with van der Waals surface area (Å²) >= 11 is 0. The molecule has 0 radical (unpaired) electrons. The minimum atomic E-state index is -0.110. The van der Waals surface area contributed by atoms with Crippen molar-refractivity contribution in [2.45, 2.75) is 20.0 Å². The molecule has 0 atom stereocenters. The molecule has 98 valence electrons. The highest BCUT2D eigenvalue weighted by atomic mass is 16.5. The van der Waals surface area contributed by atoms with Gasteiger partial charge in [-0.1, -0.05) is 12.1 Å². The Labute approximate surface area is 111 Å². The highest BCUT2D eigenvalue weighted by Gasteiger charge is 2.14. The number of ether oxygens (including phenoxy) is 1. The van der Waals surface area contributed by atoms with E-state index in [1.807, 2.05) is 19.1 Å². The number of benzene rings is 1. The Morgan fingerprint density at radius 2 is 2.05 bits per heavy atom. The predicted octanol–water partition coefficient (Wildman–Crippen LogP) is 2.08. The summed E-state index contributed by atoms with van der Waals surface area (Å²) in [6, 6.07) is 9.39. The summed E-state index contributed by atoms with van der Waals surface area (Å²) in [6.07, 6.45) is 0.382. The fraction of sp³-hybridized carbons (Fsp3) is 0.286. The summed E-state index contributed by atoms with van der Waals surface area (Å²) in [5.41, 5.74) is 2.38. The van der Waals surface area contributed by atoms with Crippen LogP contribution in [0.3, 0.4) is 0 Å². The van der Waals surface area contributed by atoms with Crippen molar-refractivity contribution < 1.29 is 9.84 Å². The van der Waals surface area contributed by atoms with Gasteiger partial charge in [-0.05, 0) is 24.6 Å². The molecule has 1 aromatic heterocycles. The van der Waals surface area contributed by atoms with Gasteiger partial charge in [0.2, 0.25) is 5.88 Å². The smallest absolute Gasteiger partial charge is 0.223 e. The molecule has 0 aliphatic heterocycles. The summed E-state index contributed by atoms with van der Waals surface area (Å²) in [5.74, 6) is 1.19. The van der Waals surface area contributed by atoms with Gasteiger partial charge in [0.15, 0.2) is 0 Å². The third kappa shape index (κ3) is 2.75. The summed E-state index contributed by atoms with van der Waals surface area (Å²) in [4.78, 5) is 0. The molecule has 0 amide bonds. The van der Waals surface area contributed by atoms with Crippen molar-refractivity contribution in [1.82, 2.24) is 9.78 Å². The van der Waals surface area contributed by atoms with E-state index in [4.69, 9.17) is 10.00 Å².